The summed E-state index contributed by atoms with van der Waals surface area (Å²) in [6.07, 6.45) is -0.763. The van der Waals surface area contributed by atoms with Crippen LogP contribution in [0.3, 0.4) is 0 Å². The van der Waals surface area contributed by atoms with Crippen LogP contribution < -0.4 is 11.2 Å². The van der Waals surface area contributed by atoms with Crippen LogP contribution in [-0.4, -0.2) is 38.6 Å². The van der Waals surface area contributed by atoms with Crippen LogP contribution in [-0.2, 0) is 4.74 Å². The summed E-state index contributed by atoms with van der Waals surface area (Å²) in [6, 6.07) is 0. The van der Waals surface area contributed by atoms with Gasteiger partial charge in [0.25, 0.3) is 5.56 Å². The normalized spacial score (nSPS) is 27.0. The second kappa shape index (κ2) is 6.52. The summed E-state index contributed by atoms with van der Waals surface area (Å²) in [5, 5.41) is 18.7. The van der Waals surface area contributed by atoms with Crippen molar-refractivity contribution in [1.82, 2.24) is 9.55 Å². The number of aromatic amines is 1. The van der Waals surface area contributed by atoms with Gasteiger partial charge in [-0.3, -0.25) is 14.3 Å². The van der Waals surface area contributed by atoms with E-state index in [-0.39, 0.29) is 18.6 Å². The average molecular weight is 459 g/mol. The molecular formula is C11H12BrIN2O5. The number of halogens is 2. The molecule has 1 aromatic rings. The van der Waals surface area contributed by atoms with E-state index in [4.69, 9.17) is 9.84 Å². The van der Waals surface area contributed by atoms with Crippen LogP contribution in [0, 0.1) is 0 Å². The van der Waals surface area contributed by atoms with E-state index in [0.29, 0.717) is 4.48 Å². The van der Waals surface area contributed by atoms with E-state index in [9.17, 15) is 14.7 Å². The highest BCUT2D eigenvalue weighted by atomic mass is 127. The van der Waals surface area contributed by atoms with Gasteiger partial charge in [-0.25, -0.2) is 4.79 Å². The minimum absolute atomic E-state index is 0.169. The summed E-state index contributed by atoms with van der Waals surface area (Å²) in [6.45, 7) is -0.333. The molecule has 1 fully saturated rings. The number of rotatable bonds is 3. The van der Waals surface area contributed by atoms with Gasteiger partial charge >= 0.3 is 5.69 Å². The van der Waals surface area contributed by atoms with Gasteiger partial charge in [-0.05, 0) is 20.0 Å². The molecule has 3 atom stereocenters. The first-order chi connectivity index (χ1) is 9.47. The molecule has 0 saturated carbocycles. The first-order valence-electron chi connectivity index (χ1n) is 5.74. The lowest BCUT2D eigenvalue weighted by atomic mass is 10.2. The minimum atomic E-state index is -0.851. The average Bonchev–Trinajstić information content (AvgIpc) is 2.79. The van der Waals surface area contributed by atoms with Crippen molar-refractivity contribution in [2.75, 3.05) is 6.61 Å². The Morgan fingerprint density at radius 2 is 2.35 bits per heavy atom. The van der Waals surface area contributed by atoms with E-state index in [1.54, 1.807) is 4.08 Å². The van der Waals surface area contributed by atoms with Crippen molar-refractivity contribution in [3.8, 4) is 0 Å². The van der Waals surface area contributed by atoms with Gasteiger partial charge in [-0.1, -0.05) is 22.6 Å². The highest BCUT2D eigenvalue weighted by molar-refractivity contribution is 14.1. The summed E-state index contributed by atoms with van der Waals surface area (Å²) in [5.41, 5.74) is -0.851. The molecule has 0 bridgehead atoms. The Balaban J connectivity index is 2.43. The number of H-pyrrole nitrogens is 1. The standard InChI is InChI=1S/C11H12BrIN2O5/c12-6(2-13)5-3-15(11(19)14-10(5)18)9-1-7(17)8(4-16)20-9/h2-3,7-9,16-17H,1,4H2,(H,14,18,19)/b6-2+/t7-,8+,9+/m0/s1. The number of aliphatic hydroxyl groups is 2. The zero-order valence-corrected chi connectivity index (χ0v) is 13.9. The molecule has 1 saturated heterocycles. The second-order valence-electron chi connectivity index (χ2n) is 4.28. The number of nitrogens with zero attached hydrogens (tertiary/aromatic N) is 1. The fraction of sp³-hybridized carbons (Fsp3) is 0.455. The monoisotopic (exact) mass is 458 g/mol. The van der Waals surface area contributed by atoms with E-state index < -0.39 is 29.7 Å². The maximum atomic E-state index is 11.8. The smallest absolute Gasteiger partial charge is 0.330 e. The maximum Gasteiger partial charge on any atom is 0.330 e. The Morgan fingerprint density at radius 3 is 2.90 bits per heavy atom. The third kappa shape index (κ3) is 3.06. The van der Waals surface area contributed by atoms with Gasteiger partial charge in [-0.15, -0.1) is 0 Å². The van der Waals surface area contributed by atoms with Gasteiger partial charge in [0.05, 0.1) is 18.3 Å². The first-order valence-corrected chi connectivity index (χ1v) is 7.78. The van der Waals surface area contributed by atoms with E-state index in [1.165, 1.54) is 10.8 Å². The highest BCUT2D eigenvalue weighted by Gasteiger charge is 2.35. The lowest BCUT2D eigenvalue weighted by molar-refractivity contribution is -0.0459. The van der Waals surface area contributed by atoms with Gasteiger partial charge in [0.15, 0.2) is 0 Å². The van der Waals surface area contributed by atoms with Crippen LogP contribution in [0.1, 0.15) is 18.2 Å². The van der Waals surface area contributed by atoms with Crippen molar-refractivity contribution in [2.45, 2.75) is 24.9 Å². The predicted octanol–water partition coefficient (Wildman–Crippen LogP) is 0.306. The van der Waals surface area contributed by atoms with E-state index in [1.807, 2.05) is 22.6 Å². The summed E-state index contributed by atoms with van der Waals surface area (Å²) < 4.78 is 8.79. The molecule has 1 aliphatic heterocycles. The van der Waals surface area contributed by atoms with Crippen LogP contribution in [0.5, 0.6) is 0 Å². The summed E-state index contributed by atoms with van der Waals surface area (Å²) in [5.74, 6) is 0. The highest BCUT2D eigenvalue weighted by Crippen LogP contribution is 2.28. The minimum Gasteiger partial charge on any atom is -0.394 e. The van der Waals surface area contributed by atoms with E-state index in [0.717, 1.165) is 0 Å². The molecule has 110 valence electrons. The molecule has 20 heavy (non-hydrogen) atoms. The Hall–Kier alpha value is -0.490. The van der Waals surface area contributed by atoms with Crippen LogP contribution in [0.2, 0.25) is 0 Å². The summed E-state index contributed by atoms with van der Waals surface area (Å²) >= 11 is 5.19. The largest absolute Gasteiger partial charge is 0.394 e. The number of aliphatic hydroxyl groups excluding tert-OH is 2. The van der Waals surface area contributed by atoms with Gasteiger partial charge in [0.1, 0.15) is 12.3 Å². The fourth-order valence-electron chi connectivity index (χ4n) is 1.98. The molecule has 2 heterocycles. The lowest BCUT2D eigenvalue weighted by Gasteiger charge is -2.15. The number of hydrogen-bond donors (Lipinski definition) is 3. The lowest BCUT2D eigenvalue weighted by Crippen LogP contribution is -2.33. The Labute approximate surface area is 135 Å². The molecule has 1 aliphatic rings. The van der Waals surface area contributed by atoms with Gasteiger partial charge < -0.3 is 14.9 Å². The molecule has 2 rings (SSSR count). The van der Waals surface area contributed by atoms with Crippen molar-refractivity contribution in [3.63, 3.8) is 0 Å². The molecular weight excluding hydrogens is 447 g/mol. The molecule has 0 unspecified atom stereocenters. The zero-order valence-electron chi connectivity index (χ0n) is 10.1. The third-order valence-electron chi connectivity index (χ3n) is 3.02. The third-order valence-corrected chi connectivity index (χ3v) is 5.15. The van der Waals surface area contributed by atoms with Crippen LogP contribution in [0.25, 0.3) is 4.48 Å². The van der Waals surface area contributed by atoms with Crippen LogP contribution in [0.4, 0.5) is 0 Å². The summed E-state index contributed by atoms with van der Waals surface area (Å²) in [7, 11) is 0. The van der Waals surface area contributed by atoms with Crippen LogP contribution >= 0.6 is 38.5 Å². The van der Waals surface area contributed by atoms with Crippen molar-refractivity contribution >= 4 is 43.0 Å². The molecule has 7 nitrogen and oxygen atoms in total. The molecule has 1 aromatic heterocycles. The van der Waals surface area contributed by atoms with Gasteiger partial charge in [0.2, 0.25) is 0 Å². The van der Waals surface area contributed by atoms with E-state index in [2.05, 4.69) is 20.9 Å². The number of aromatic nitrogens is 2. The Kier molecular flexibility index (Phi) is 5.18. The maximum absolute atomic E-state index is 11.8. The van der Waals surface area contributed by atoms with Gasteiger partial charge in [-0.2, -0.15) is 0 Å². The van der Waals surface area contributed by atoms with E-state index >= 15 is 0 Å². The second-order valence-corrected chi connectivity index (χ2v) is 5.76. The molecule has 0 aliphatic carbocycles. The molecule has 0 radical (unpaired) electrons. The van der Waals surface area contributed by atoms with Crippen LogP contribution in [0.15, 0.2) is 19.9 Å². The Morgan fingerprint density at radius 1 is 1.65 bits per heavy atom. The van der Waals surface area contributed by atoms with Crippen molar-refractivity contribution in [2.24, 2.45) is 0 Å². The fourth-order valence-corrected chi connectivity index (χ4v) is 2.60. The molecule has 0 amide bonds. The number of nitrogens with one attached hydrogen (secondary N) is 1. The molecule has 0 aromatic carbocycles. The Bertz CT molecular complexity index is 640. The number of hydrogen-bond acceptors (Lipinski definition) is 5. The first kappa shape index (κ1) is 15.9. The SMILES string of the molecule is O=c1[nH]c(=O)n([C@H]2C[C@H](O)[C@@H](CO)O2)cc1/C(Br)=C\I. The molecule has 0 spiro atoms. The predicted molar refractivity (Wildman–Crippen MR) is 83.9 cm³/mol. The molecule has 3 N–H and O–H groups in total. The topological polar surface area (TPSA) is 105 Å². The van der Waals surface area contributed by atoms with Crippen molar-refractivity contribution in [1.29, 1.82) is 0 Å². The van der Waals surface area contributed by atoms with Crippen molar-refractivity contribution < 1.29 is 14.9 Å². The quantitative estimate of drug-likeness (QED) is 0.565. The number of ether oxygens (including phenoxy) is 1. The molecule has 9 heteroatoms. The van der Waals surface area contributed by atoms with Gasteiger partial charge in [0, 0.05) is 17.1 Å². The summed E-state index contributed by atoms with van der Waals surface area (Å²) in [4.78, 5) is 25.8. The zero-order chi connectivity index (χ0) is 14.9. The van der Waals surface area contributed by atoms with Crippen molar-refractivity contribution in [3.05, 3.63) is 36.7 Å².